The van der Waals surface area contributed by atoms with Crippen molar-refractivity contribution in [3.8, 4) is 11.8 Å². The van der Waals surface area contributed by atoms with Crippen molar-refractivity contribution in [1.29, 1.82) is 0 Å². The number of nitrogens with one attached hydrogen (secondary N) is 1. The van der Waals surface area contributed by atoms with E-state index in [-0.39, 0.29) is 23.7 Å². The lowest BCUT2D eigenvalue weighted by atomic mass is 9.87. The van der Waals surface area contributed by atoms with E-state index in [0.29, 0.717) is 11.1 Å². The molecule has 0 saturated heterocycles. The number of rotatable bonds is 3. The fourth-order valence-electron chi connectivity index (χ4n) is 2.28. The SMILES string of the molecule is CC(=O)c1ccc(C#CCNC(=O)c2ccc(C(C)(C)C)cc2)cc1. The van der Waals surface area contributed by atoms with E-state index in [2.05, 4.69) is 37.9 Å². The highest BCUT2D eigenvalue weighted by Gasteiger charge is 2.13. The number of benzene rings is 2. The van der Waals surface area contributed by atoms with Gasteiger partial charge in [0.15, 0.2) is 5.78 Å². The van der Waals surface area contributed by atoms with Crippen molar-refractivity contribution in [3.63, 3.8) is 0 Å². The summed E-state index contributed by atoms with van der Waals surface area (Å²) in [5, 5.41) is 2.79. The van der Waals surface area contributed by atoms with Gasteiger partial charge in [0.1, 0.15) is 0 Å². The van der Waals surface area contributed by atoms with E-state index in [1.165, 1.54) is 12.5 Å². The minimum Gasteiger partial charge on any atom is -0.341 e. The highest BCUT2D eigenvalue weighted by Crippen LogP contribution is 2.22. The fourth-order valence-corrected chi connectivity index (χ4v) is 2.28. The molecule has 0 aliphatic carbocycles. The summed E-state index contributed by atoms with van der Waals surface area (Å²) in [6, 6.07) is 14.7. The van der Waals surface area contributed by atoms with Crippen LogP contribution in [0.15, 0.2) is 48.5 Å². The van der Waals surface area contributed by atoms with Crippen LogP contribution < -0.4 is 5.32 Å². The molecule has 0 fully saturated rings. The Morgan fingerprint density at radius 2 is 1.48 bits per heavy atom. The summed E-state index contributed by atoms with van der Waals surface area (Å²) < 4.78 is 0. The topological polar surface area (TPSA) is 46.2 Å². The van der Waals surface area contributed by atoms with Gasteiger partial charge in [0, 0.05) is 16.7 Å². The first-order chi connectivity index (χ1) is 11.8. The number of hydrogen-bond donors (Lipinski definition) is 1. The standard InChI is InChI=1S/C22H23NO2/c1-16(24)18-9-7-17(8-10-18)6-5-15-23-21(25)19-11-13-20(14-12-19)22(2,3)4/h7-14H,15H2,1-4H3,(H,23,25). The van der Waals surface area contributed by atoms with Crippen molar-refractivity contribution >= 4 is 11.7 Å². The maximum Gasteiger partial charge on any atom is 0.252 e. The number of carbonyl (C=O) groups is 2. The van der Waals surface area contributed by atoms with Crippen LogP contribution in [0.2, 0.25) is 0 Å². The molecule has 0 heterocycles. The summed E-state index contributed by atoms with van der Waals surface area (Å²) in [6.45, 7) is 8.22. The molecule has 2 aromatic rings. The van der Waals surface area contributed by atoms with Crippen LogP contribution in [0.5, 0.6) is 0 Å². The number of ketones is 1. The predicted molar refractivity (Wildman–Crippen MR) is 101 cm³/mol. The molecule has 2 aromatic carbocycles. The molecule has 0 radical (unpaired) electrons. The lowest BCUT2D eigenvalue weighted by molar-refractivity contribution is 0.0957. The van der Waals surface area contributed by atoms with Crippen LogP contribution in [0.25, 0.3) is 0 Å². The van der Waals surface area contributed by atoms with Gasteiger partial charge in [-0.15, -0.1) is 0 Å². The van der Waals surface area contributed by atoms with Crippen molar-refractivity contribution < 1.29 is 9.59 Å². The average Bonchev–Trinajstić information content (AvgIpc) is 2.58. The van der Waals surface area contributed by atoms with E-state index in [1.807, 2.05) is 24.3 Å². The molecule has 0 aliphatic rings. The Balaban J connectivity index is 1.91. The highest BCUT2D eigenvalue weighted by atomic mass is 16.1. The quantitative estimate of drug-likeness (QED) is 0.682. The molecule has 0 spiro atoms. The summed E-state index contributed by atoms with van der Waals surface area (Å²) in [6.07, 6.45) is 0. The highest BCUT2D eigenvalue weighted by molar-refractivity contribution is 5.94. The van der Waals surface area contributed by atoms with Crippen molar-refractivity contribution in [2.24, 2.45) is 0 Å². The summed E-state index contributed by atoms with van der Waals surface area (Å²) in [4.78, 5) is 23.3. The third-order valence-electron chi connectivity index (χ3n) is 3.87. The molecule has 3 nitrogen and oxygen atoms in total. The normalized spacial score (nSPS) is 10.6. The monoisotopic (exact) mass is 333 g/mol. The minimum absolute atomic E-state index is 0.0317. The lowest BCUT2D eigenvalue weighted by Crippen LogP contribution is -2.23. The van der Waals surface area contributed by atoms with Crippen LogP contribution in [-0.4, -0.2) is 18.2 Å². The van der Waals surface area contributed by atoms with Gasteiger partial charge in [0.05, 0.1) is 6.54 Å². The Morgan fingerprint density at radius 3 is 2.00 bits per heavy atom. The Bertz CT molecular complexity index is 814. The van der Waals surface area contributed by atoms with Crippen LogP contribution in [0, 0.1) is 11.8 Å². The molecule has 3 heteroatoms. The van der Waals surface area contributed by atoms with Crippen LogP contribution in [0.4, 0.5) is 0 Å². The zero-order valence-corrected chi connectivity index (χ0v) is 15.1. The molecule has 0 aliphatic heterocycles. The van der Waals surface area contributed by atoms with E-state index in [0.717, 1.165) is 5.56 Å². The first kappa shape index (κ1) is 18.5. The van der Waals surface area contributed by atoms with E-state index in [9.17, 15) is 9.59 Å². The van der Waals surface area contributed by atoms with Gasteiger partial charge >= 0.3 is 0 Å². The number of carbonyl (C=O) groups excluding carboxylic acids is 2. The smallest absolute Gasteiger partial charge is 0.252 e. The number of Topliss-reactive ketones (excluding diaryl/α,β-unsaturated/α-hetero) is 1. The molecule has 0 unspecified atom stereocenters. The molecule has 0 saturated carbocycles. The zero-order chi connectivity index (χ0) is 18.4. The molecular weight excluding hydrogens is 310 g/mol. The van der Waals surface area contributed by atoms with E-state index in [4.69, 9.17) is 0 Å². The van der Waals surface area contributed by atoms with Gasteiger partial charge in [0.25, 0.3) is 5.91 Å². The van der Waals surface area contributed by atoms with Crippen LogP contribution in [0.1, 0.15) is 59.5 Å². The lowest BCUT2D eigenvalue weighted by Gasteiger charge is -2.18. The third kappa shape index (κ3) is 5.32. The van der Waals surface area contributed by atoms with E-state index >= 15 is 0 Å². The predicted octanol–water partition coefficient (Wildman–Crippen LogP) is 3.97. The summed E-state index contributed by atoms with van der Waals surface area (Å²) in [7, 11) is 0. The molecule has 128 valence electrons. The minimum atomic E-state index is -0.137. The molecular formula is C22H23NO2. The van der Waals surface area contributed by atoms with E-state index in [1.54, 1.807) is 24.3 Å². The van der Waals surface area contributed by atoms with Gasteiger partial charge in [-0.05, 0) is 42.2 Å². The van der Waals surface area contributed by atoms with Crippen molar-refractivity contribution in [1.82, 2.24) is 5.32 Å². The molecule has 25 heavy (non-hydrogen) atoms. The van der Waals surface area contributed by atoms with Gasteiger partial charge < -0.3 is 5.32 Å². The Hall–Kier alpha value is -2.86. The second kappa shape index (κ2) is 7.81. The Kier molecular flexibility index (Phi) is 5.77. The second-order valence-electron chi connectivity index (χ2n) is 6.95. The number of hydrogen-bond acceptors (Lipinski definition) is 2. The average molecular weight is 333 g/mol. The summed E-state index contributed by atoms with van der Waals surface area (Å²) in [5.74, 6) is 5.78. The zero-order valence-electron chi connectivity index (χ0n) is 15.1. The Labute approximate surface area is 149 Å². The molecule has 1 N–H and O–H groups in total. The van der Waals surface area contributed by atoms with Crippen molar-refractivity contribution in [2.75, 3.05) is 6.54 Å². The first-order valence-electron chi connectivity index (χ1n) is 8.26. The molecule has 0 atom stereocenters. The van der Waals surface area contributed by atoms with Gasteiger partial charge in [-0.1, -0.05) is 56.9 Å². The van der Waals surface area contributed by atoms with Crippen LogP contribution in [-0.2, 0) is 5.41 Å². The van der Waals surface area contributed by atoms with Crippen molar-refractivity contribution in [3.05, 3.63) is 70.8 Å². The third-order valence-corrected chi connectivity index (χ3v) is 3.87. The Morgan fingerprint density at radius 1 is 0.920 bits per heavy atom. The van der Waals surface area contributed by atoms with Crippen LogP contribution in [0.3, 0.4) is 0 Å². The molecule has 2 rings (SSSR count). The van der Waals surface area contributed by atoms with Gasteiger partial charge in [-0.25, -0.2) is 0 Å². The summed E-state index contributed by atoms with van der Waals surface area (Å²) in [5.41, 5.74) is 3.36. The van der Waals surface area contributed by atoms with E-state index < -0.39 is 0 Å². The van der Waals surface area contributed by atoms with Gasteiger partial charge in [-0.2, -0.15) is 0 Å². The molecule has 0 bridgehead atoms. The fraction of sp³-hybridized carbons (Fsp3) is 0.273. The first-order valence-corrected chi connectivity index (χ1v) is 8.26. The molecule has 1 amide bonds. The van der Waals surface area contributed by atoms with Gasteiger partial charge in [0.2, 0.25) is 0 Å². The number of amides is 1. The summed E-state index contributed by atoms with van der Waals surface area (Å²) >= 11 is 0. The maximum atomic E-state index is 12.1. The van der Waals surface area contributed by atoms with Gasteiger partial charge in [-0.3, -0.25) is 9.59 Å². The second-order valence-corrected chi connectivity index (χ2v) is 6.95. The maximum absolute atomic E-state index is 12.1. The molecule has 0 aromatic heterocycles. The van der Waals surface area contributed by atoms with Crippen LogP contribution >= 0.6 is 0 Å². The van der Waals surface area contributed by atoms with Crippen molar-refractivity contribution in [2.45, 2.75) is 33.1 Å². The largest absolute Gasteiger partial charge is 0.341 e.